The van der Waals surface area contributed by atoms with Crippen LogP contribution in [0.5, 0.6) is 0 Å². The fourth-order valence-electron chi connectivity index (χ4n) is 2.27. The predicted molar refractivity (Wildman–Crippen MR) is 86.6 cm³/mol. The molecule has 0 amide bonds. The summed E-state index contributed by atoms with van der Waals surface area (Å²) in [7, 11) is -3.63. The molecule has 1 aromatic heterocycles. The summed E-state index contributed by atoms with van der Waals surface area (Å²) in [6.45, 7) is 0.185. The number of aromatic nitrogens is 1. The van der Waals surface area contributed by atoms with E-state index in [1.807, 2.05) is 6.07 Å². The number of nitrogens with one attached hydrogen (secondary N) is 1. The number of sulfonamides is 1. The fourth-order valence-corrected chi connectivity index (χ4v) is 3.50. The van der Waals surface area contributed by atoms with E-state index in [4.69, 9.17) is 5.73 Å². The molecule has 5 nitrogen and oxygen atoms in total. The highest BCUT2D eigenvalue weighted by Gasteiger charge is 2.17. The average Bonchev–Trinajstić information content (AvgIpc) is 2.52. The molecule has 0 bridgehead atoms. The average molecular weight is 313 g/mol. The van der Waals surface area contributed by atoms with Crippen LogP contribution in [0.15, 0.2) is 65.7 Å². The molecule has 0 aliphatic heterocycles. The summed E-state index contributed by atoms with van der Waals surface area (Å²) in [6.07, 6.45) is 1.64. The molecule has 3 N–H and O–H groups in total. The number of rotatable bonds is 4. The van der Waals surface area contributed by atoms with E-state index >= 15 is 0 Å². The van der Waals surface area contributed by atoms with Crippen molar-refractivity contribution in [2.24, 2.45) is 0 Å². The fraction of sp³-hybridized carbons (Fsp3) is 0.0625. The first-order valence-electron chi connectivity index (χ1n) is 6.74. The van der Waals surface area contributed by atoms with Crippen molar-refractivity contribution in [3.05, 3.63) is 66.4 Å². The number of hydrogen-bond acceptors (Lipinski definition) is 4. The summed E-state index contributed by atoms with van der Waals surface area (Å²) in [6, 6.07) is 15.6. The molecule has 0 aliphatic carbocycles. The van der Waals surface area contributed by atoms with Gasteiger partial charge in [0.05, 0.1) is 10.4 Å². The molecule has 0 radical (unpaired) electrons. The number of hydrogen-bond donors (Lipinski definition) is 2. The molecular weight excluding hydrogens is 298 g/mol. The molecule has 0 aliphatic rings. The van der Waals surface area contributed by atoms with Crippen LogP contribution >= 0.6 is 0 Å². The molecule has 2 aromatic carbocycles. The molecule has 0 saturated heterocycles. The van der Waals surface area contributed by atoms with Gasteiger partial charge in [0.25, 0.3) is 0 Å². The van der Waals surface area contributed by atoms with Gasteiger partial charge in [-0.25, -0.2) is 13.1 Å². The summed E-state index contributed by atoms with van der Waals surface area (Å²) < 4.78 is 27.7. The number of nitrogen functional groups attached to an aromatic ring is 1. The van der Waals surface area contributed by atoms with Gasteiger partial charge in [-0.3, -0.25) is 4.98 Å². The summed E-state index contributed by atoms with van der Waals surface area (Å²) in [5.41, 5.74) is 7.76. The lowest BCUT2D eigenvalue weighted by Gasteiger charge is -2.09. The Labute approximate surface area is 128 Å². The van der Waals surface area contributed by atoms with Crippen LogP contribution < -0.4 is 10.5 Å². The van der Waals surface area contributed by atoms with Crippen molar-refractivity contribution in [1.29, 1.82) is 0 Å². The summed E-state index contributed by atoms with van der Waals surface area (Å²) >= 11 is 0. The lowest BCUT2D eigenvalue weighted by Crippen LogP contribution is -2.23. The molecule has 112 valence electrons. The molecule has 3 aromatic rings. The first-order valence-corrected chi connectivity index (χ1v) is 8.22. The number of benzene rings is 2. The Morgan fingerprint density at radius 1 is 1.05 bits per heavy atom. The summed E-state index contributed by atoms with van der Waals surface area (Å²) in [5.74, 6) is 0. The Morgan fingerprint density at radius 3 is 2.68 bits per heavy atom. The van der Waals surface area contributed by atoms with Gasteiger partial charge in [0.15, 0.2) is 0 Å². The van der Waals surface area contributed by atoms with Gasteiger partial charge < -0.3 is 5.73 Å². The van der Waals surface area contributed by atoms with Crippen LogP contribution in [0.25, 0.3) is 10.9 Å². The zero-order valence-corrected chi connectivity index (χ0v) is 12.5. The Kier molecular flexibility index (Phi) is 3.79. The standard InChI is InChI=1S/C16H15N3O2S/c17-13-5-1-4-12(10-13)11-19-22(20,21)16-8-2-7-15-14(16)6-3-9-18-15/h1-10,19H,11,17H2. The third-order valence-corrected chi connectivity index (χ3v) is 4.77. The number of fused-ring (bicyclic) bond motifs is 1. The molecule has 3 rings (SSSR count). The van der Waals surface area contributed by atoms with Crippen LogP contribution in [-0.2, 0) is 16.6 Å². The second kappa shape index (κ2) is 5.75. The largest absolute Gasteiger partial charge is 0.399 e. The van der Waals surface area contributed by atoms with Gasteiger partial charge in [-0.1, -0.05) is 18.2 Å². The zero-order chi connectivity index (χ0) is 15.6. The smallest absolute Gasteiger partial charge is 0.241 e. The first-order chi connectivity index (χ1) is 10.6. The number of nitrogens with zero attached hydrogens (tertiary/aromatic N) is 1. The Bertz CT molecular complexity index is 918. The minimum atomic E-state index is -3.63. The van der Waals surface area contributed by atoms with Crippen molar-refractivity contribution in [3.8, 4) is 0 Å². The highest BCUT2D eigenvalue weighted by Crippen LogP contribution is 2.21. The van der Waals surface area contributed by atoms with Crippen LogP contribution in [0.2, 0.25) is 0 Å². The highest BCUT2D eigenvalue weighted by molar-refractivity contribution is 7.89. The molecule has 6 heteroatoms. The van der Waals surface area contributed by atoms with Gasteiger partial charge in [-0.15, -0.1) is 0 Å². The molecule has 22 heavy (non-hydrogen) atoms. The van der Waals surface area contributed by atoms with E-state index in [0.29, 0.717) is 16.6 Å². The normalized spacial score (nSPS) is 11.6. The van der Waals surface area contributed by atoms with E-state index in [2.05, 4.69) is 9.71 Å². The predicted octanol–water partition coefficient (Wildman–Crippen LogP) is 2.30. The molecule has 0 saturated carbocycles. The van der Waals surface area contributed by atoms with Crippen molar-refractivity contribution in [2.45, 2.75) is 11.4 Å². The van der Waals surface area contributed by atoms with E-state index in [-0.39, 0.29) is 11.4 Å². The monoisotopic (exact) mass is 313 g/mol. The number of pyridine rings is 1. The van der Waals surface area contributed by atoms with Gasteiger partial charge in [-0.2, -0.15) is 0 Å². The van der Waals surface area contributed by atoms with Crippen LogP contribution in [0, 0.1) is 0 Å². The quantitative estimate of drug-likeness (QED) is 0.724. The summed E-state index contributed by atoms with van der Waals surface area (Å²) in [5, 5.41) is 0.602. The zero-order valence-electron chi connectivity index (χ0n) is 11.7. The van der Waals surface area contributed by atoms with Crippen LogP contribution in [0.4, 0.5) is 5.69 Å². The summed E-state index contributed by atoms with van der Waals surface area (Å²) in [4.78, 5) is 4.40. The lowest BCUT2D eigenvalue weighted by molar-refractivity contribution is 0.582. The molecular formula is C16H15N3O2S. The molecule has 0 fully saturated rings. The third kappa shape index (κ3) is 2.93. The Hall–Kier alpha value is -2.44. The maximum Gasteiger partial charge on any atom is 0.241 e. The maximum atomic E-state index is 12.5. The van der Waals surface area contributed by atoms with Crippen molar-refractivity contribution in [2.75, 3.05) is 5.73 Å². The van der Waals surface area contributed by atoms with E-state index in [1.54, 1.807) is 54.7 Å². The maximum absolute atomic E-state index is 12.5. The van der Waals surface area contributed by atoms with E-state index in [1.165, 1.54) is 0 Å². The first kappa shape index (κ1) is 14.5. The minimum absolute atomic E-state index is 0.185. The van der Waals surface area contributed by atoms with Crippen LogP contribution in [0.3, 0.4) is 0 Å². The topological polar surface area (TPSA) is 85.1 Å². The van der Waals surface area contributed by atoms with Gasteiger partial charge in [-0.05, 0) is 42.0 Å². The van der Waals surface area contributed by atoms with Gasteiger partial charge >= 0.3 is 0 Å². The highest BCUT2D eigenvalue weighted by atomic mass is 32.2. The Balaban J connectivity index is 1.92. The van der Waals surface area contributed by atoms with Gasteiger partial charge in [0.1, 0.15) is 0 Å². The van der Waals surface area contributed by atoms with E-state index in [0.717, 1.165) is 5.56 Å². The molecule has 0 atom stereocenters. The van der Waals surface area contributed by atoms with Crippen molar-refractivity contribution >= 4 is 26.6 Å². The lowest BCUT2D eigenvalue weighted by atomic mass is 10.2. The molecule has 0 spiro atoms. The van der Waals surface area contributed by atoms with Crippen molar-refractivity contribution in [3.63, 3.8) is 0 Å². The van der Waals surface area contributed by atoms with E-state index in [9.17, 15) is 8.42 Å². The molecule has 1 heterocycles. The van der Waals surface area contributed by atoms with Crippen LogP contribution in [0.1, 0.15) is 5.56 Å². The van der Waals surface area contributed by atoms with Gasteiger partial charge in [0.2, 0.25) is 10.0 Å². The van der Waals surface area contributed by atoms with Crippen molar-refractivity contribution < 1.29 is 8.42 Å². The second-order valence-corrected chi connectivity index (χ2v) is 6.63. The number of nitrogens with two attached hydrogens (primary N) is 1. The third-order valence-electron chi connectivity index (χ3n) is 3.31. The second-order valence-electron chi connectivity index (χ2n) is 4.90. The van der Waals surface area contributed by atoms with Crippen LogP contribution in [-0.4, -0.2) is 13.4 Å². The number of anilines is 1. The molecule has 0 unspecified atom stereocenters. The van der Waals surface area contributed by atoms with Gasteiger partial charge in [0, 0.05) is 23.8 Å². The Morgan fingerprint density at radius 2 is 1.86 bits per heavy atom. The SMILES string of the molecule is Nc1cccc(CNS(=O)(=O)c2cccc3ncccc23)c1. The minimum Gasteiger partial charge on any atom is -0.399 e. The van der Waals surface area contributed by atoms with E-state index < -0.39 is 10.0 Å². The van der Waals surface area contributed by atoms with Crippen molar-refractivity contribution in [1.82, 2.24) is 9.71 Å².